The van der Waals surface area contributed by atoms with E-state index < -0.39 is 11.7 Å². The van der Waals surface area contributed by atoms with E-state index in [4.69, 9.17) is 4.74 Å². The number of ether oxygens (including phenoxy) is 1. The van der Waals surface area contributed by atoms with E-state index in [-0.39, 0.29) is 6.03 Å². The fourth-order valence-corrected chi connectivity index (χ4v) is 1.85. The van der Waals surface area contributed by atoms with Crippen molar-refractivity contribution in [1.82, 2.24) is 10.0 Å². The molecule has 0 unspecified atom stereocenters. The number of benzene rings is 1. The van der Waals surface area contributed by atoms with Crippen LogP contribution >= 0.6 is 12.8 Å². The Morgan fingerprint density at radius 3 is 2.50 bits per heavy atom. The van der Waals surface area contributed by atoms with Gasteiger partial charge in [-0.15, -0.1) is 0 Å². The van der Waals surface area contributed by atoms with Gasteiger partial charge < -0.3 is 15.4 Å². The summed E-state index contributed by atoms with van der Waals surface area (Å²) in [6, 6.07) is 5.30. The van der Waals surface area contributed by atoms with Gasteiger partial charge in [-0.1, -0.05) is 24.9 Å². The van der Waals surface area contributed by atoms with Crippen molar-refractivity contribution in [3.05, 3.63) is 29.3 Å². The molecule has 1 aromatic rings. The lowest BCUT2D eigenvalue weighted by atomic mass is 10.1. The lowest BCUT2D eigenvalue weighted by Crippen LogP contribution is -2.33. The van der Waals surface area contributed by atoms with E-state index in [2.05, 4.69) is 28.2 Å². The number of hydrogen-bond donors (Lipinski definition) is 4. The first-order chi connectivity index (χ1) is 10.2. The monoisotopic (exact) mass is 325 g/mol. The number of urea groups is 1. The number of carbonyl (C=O) groups is 2. The third-order valence-corrected chi connectivity index (χ3v) is 2.93. The van der Waals surface area contributed by atoms with Gasteiger partial charge >= 0.3 is 12.1 Å². The van der Waals surface area contributed by atoms with E-state index >= 15 is 0 Å². The van der Waals surface area contributed by atoms with Gasteiger partial charge in [0.15, 0.2) is 0 Å². The van der Waals surface area contributed by atoms with Crippen molar-refractivity contribution < 1.29 is 14.3 Å². The number of aryl methyl sites for hydroxylation is 1. The first kappa shape index (κ1) is 18.2. The van der Waals surface area contributed by atoms with Crippen LogP contribution < -0.4 is 15.4 Å². The second kappa shape index (κ2) is 7.93. The number of amides is 3. The number of thiol groups is 1. The Balaban J connectivity index is 2.49. The molecule has 7 heteroatoms. The summed E-state index contributed by atoms with van der Waals surface area (Å²) in [5, 5.41) is 5.38. The maximum Gasteiger partial charge on any atom is 0.407 e. The first-order valence-corrected chi connectivity index (χ1v) is 7.43. The van der Waals surface area contributed by atoms with Gasteiger partial charge in [-0.2, -0.15) is 0 Å². The molecule has 0 spiro atoms. The predicted molar refractivity (Wildman–Crippen MR) is 90.3 cm³/mol. The van der Waals surface area contributed by atoms with Gasteiger partial charge in [-0.05, 0) is 51.3 Å². The molecule has 0 bridgehead atoms. The van der Waals surface area contributed by atoms with Gasteiger partial charge in [0.1, 0.15) is 5.60 Å². The average Bonchev–Trinajstić information content (AvgIpc) is 2.39. The maximum atomic E-state index is 11.5. The molecule has 1 aromatic carbocycles. The molecule has 6 nitrogen and oxygen atoms in total. The molecule has 0 aliphatic heterocycles. The van der Waals surface area contributed by atoms with E-state index in [0.29, 0.717) is 13.0 Å². The fourth-order valence-electron chi connectivity index (χ4n) is 1.79. The molecular formula is C15H23N3O3S. The fraction of sp³-hybridized carbons (Fsp3) is 0.467. The molecular weight excluding hydrogens is 302 g/mol. The highest BCUT2D eigenvalue weighted by Crippen LogP contribution is 2.16. The van der Waals surface area contributed by atoms with E-state index in [9.17, 15) is 9.59 Å². The third kappa shape index (κ3) is 6.71. The van der Waals surface area contributed by atoms with Crippen LogP contribution in [0.3, 0.4) is 0 Å². The Kier molecular flexibility index (Phi) is 6.55. The summed E-state index contributed by atoms with van der Waals surface area (Å²) in [5.74, 6) is 0. The molecule has 1 rings (SSSR count). The number of hydrogen-bond acceptors (Lipinski definition) is 4. The van der Waals surface area contributed by atoms with Crippen molar-refractivity contribution >= 4 is 30.6 Å². The molecule has 22 heavy (non-hydrogen) atoms. The van der Waals surface area contributed by atoms with Gasteiger partial charge in [-0.25, -0.2) is 9.59 Å². The van der Waals surface area contributed by atoms with Crippen LogP contribution in [0.25, 0.3) is 0 Å². The summed E-state index contributed by atoms with van der Waals surface area (Å²) in [6.45, 7) is 7.85. The number of anilines is 1. The number of nitrogens with one attached hydrogen (secondary N) is 3. The molecule has 0 saturated heterocycles. The Morgan fingerprint density at radius 1 is 1.27 bits per heavy atom. The minimum atomic E-state index is -0.498. The normalized spacial score (nSPS) is 10.8. The summed E-state index contributed by atoms with van der Waals surface area (Å²) in [6.07, 6.45) is 0.257. The van der Waals surface area contributed by atoms with Gasteiger partial charge in [0.25, 0.3) is 0 Å². The zero-order valence-electron chi connectivity index (χ0n) is 13.3. The quantitative estimate of drug-likeness (QED) is 0.643. The molecule has 0 atom stereocenters. The van der Waals surface area contributed by atoms with Gasteiger partial charge in [0, 0.05) is 12.2 Å². The number of rotatable bonds is 4. The molecule has 0 fully saturated rings. The third-order valence-electron chi connectivity index (χ3n) is 2.72. The Hall–Kier alpha value is -1.89. The minimum absolute atomic E-state index is 0.384. The van der Waals surface area contributed by atoms with Crippen LogP contribution in [0.2, 0.25) is 0 Å². The Morgan fingerprint density at radius 2 is 1.95 bits per heavy atom. The van der Waals surface area contributed by atoms with Crippen LogP contribution in [-0.4, -0.2) is 24.3 Å². The summed E-state index contributed by atoms with van der Waals surface area (Å²) < 4.78 is 7.37. The smallest absolute Gasteiger partial charge is 0.407 e. The van der Waals surface area contributed by atoms with E-state index in [1.807, 2.05) is 45.9 Å². The lowest BCUT2D eigenvalue weighted by molar-refractivity contribution is 0.0528. The van der Waals surface area contributed by atoms with Gasteiger partial charge in [-0.3, -0.25) is 4.72 Å². The molecule has 0 radical (unpaired) electrons. The van der Waals surface area contributed by atoms with Crippen molar-refractivity contribution in [2.45, 2.75) is 39.7 Å². The van der Waals surface area contributed by atoms with Gasteiger partial charge in [0.2, 0.25) is 0 Å². The molecule has 0 aliphatic carbocycles. The predicted octanol–water partition coefficient (Wildman–Crippen LogP) is 3.03. The van der Waals surface area contributed by atoms with Crippen LogP contribution in [0.15, 0.2) is 18.2 Å². The minimum Gasteiger partial charge on any atom is -0.444 e. The lowest BCUT2D eigenvalue weighted by Gasteiger charge is -2.19. The molecule has 3 N–H and O–H groups in total. The van der Waals surface area contributed by atoms with Crippen molar-refractivity contribution in [3.8, 4) is 0 Å². The van der Waals surface area contributed by atoms with Crippen molar-refractivity contribution in [2.24, 2.45) is 0 Å². The summed E-state index contributed by atoms with van der Waals surface area (Å²) >= 11 is 3.68. The largest absolute Gasteiger partial charge is 0.444 e. The second-order valence-electron chi connectivity index (χ2n) is 5.89. The zero-order chi connectivity index (χ0) is 16.8. The number of carbonyl (C=O) groups excluding carboxylic acids is 2. The zero-order valence-corrected chi connectivity index (χ0v) is 14.2. The molecule has 0 aliphatic rings. The van der Waals surface area contributed by atoms with Crippen molar-refractivity contribution in [2.75, 3.05) is 11.9 Å². The number of alkyl carbamates (subject to hydrolysis) is 1. The maximum absolute atomic E-state index is 11.5. The molecule has 0 saturated carbocycles. The van der Waals surface area contributed by atoms with Crippen LogP contribution in [0.1, 0.15) is 31.9 Å². The van der Waals surface area contributed by atoms with Crippen LogP contribution in [-0.2, 0) is 11.2 Å². The van der Waals surface area contributed by atoms with E-state index in [0.717, 1.165) is 16.8 Å². The highest BCUT2D eigenvalue weighted by molar-refractivity contribution is 7.78. The average molecular weight is 325 g/mol. The summed E-state index contributed by atoms with van der Waals surface area (Å²) in [4.78, 5) is 22.7. The second-order valence-corrected chi connectivity index (χ2v) is 6.12. The highest BCUT2D eigenvalue weighted by atomic mass is 32.1. The Labute approximate surface area is 136 Å². The van der Waals surface area contributed by atoms with Gasteiger partial charge in [0.05, 0.1) is 0 Å². The topological polar surface area (TPSA) is 79.5 Å². The molecule has 122 valence electrons. The standard InChI is InChI=1S/C15H23N3O3S/c1-10-9-11(5-6-12(10)17-13(19)18-22)7-8-16-14(20)21-15(2,3)4/h5-6,9,22H,7-8H2,1-4H3,(H,16,20)(H2,17,18,19). The SMILES string of the molecule is Cc1cc(CCNC(=O)OC(C)(C)C)ccc1NC(=O)NS. The van der Waals surface area contributed by atoms with Crippen molar-refractivity contribution in [1.29, 1.82) is 0 Å². The first-order valence-electron chi connectivity index (χ1n) is 6.99. The van der Waals surface area contributed by atoms with Crippen LogP contribution in [0.4, 0.5) is 15.3 Å². The molecule has 0 heterocycles. The summed E-state index contributed by atoms with van der Waals surface area (Å²) in [5.41, 5.74) is 2.22. The summed E-state index contributed by atoms with van der Waals surface area (Å²) in [7, 11) is 0. The van der Waals surface area contributed by atoms with E-state index in [1.165, 1.54) is 0 Å². The Bertz CT molecular complexity index is 541. The highest BCUT2D eigenvalue weighted by Gasteiger charge is 2.15. The van der Waals surface area contributed by atoms with Crippen LogP contribution in [0, 0.1) is 6.92 Å². The molecule has 3 amide bonds. The van der Waals surface area contributed by atoms with E-state index in [1.54, 1.807) is 0 Å². The van der Waals surface area contributed by atoms with Crippen LogP contribution in [0.5, 0.6) is 0 Å². The molecule has 0 aromatic heterocycles. The van der Waals surface area contributed by atoms with Crippen molar-refractivity contribution in [3.63, 3.8) is 0 Å².